The van der Waals surface area contributed by atoms with Crippen molar-refractivity contribution in [2.45, 2.75) is 13.3 Å². The summed E-state index contributed by atoms with van der Waals surface area (Å²) in [5.41, 5.74) is 6.13. The fourth-order valence-corrected chi connectivity index (χ4v) is 1.49. The Morgan fingerprint density at radius 2 is 2.55 bits per heavy atom. The second-order valence-electron chi connectivity index (χ2n) is 2.26. The van der Waals surface area contributed by atoms with Crippen molar-refractivity contribution in [1.29, 1.82) is 0 Å². The van der Waals surface area contributed by atoms with Gasteiger partial charge in [-0.25, -0.2) is 4.98 Å². The molecule has 11 heavy (non-hydrogen) atoms. The Hall–Kier alpha value is -0.740. The van der Waals surface area contributed by atoms with E-state index in [-0.39, 0.29) is 5.78 Å². The van der Waals surface area contributed by atoms with E-state index in [0.29, 0.717) is 18.0 Å². The average Bonchev–Trinajstić information content (AvgIpc) is 2.36. The molecule has 1 rings (SSSR count). The number of thiazole rings is 1. The maximum atomic E-state index is 11.1. The number of rotatable bonds is 3. The normalized spacial score (nSPS) is 10.0. The van der Waals surface area contributed by atoms with Gasteiger partial charge in [-0.1, -0.05) is 0 Å². The Labute approximate surface area is 69.3 Å². The molecule has 1 heterocycles. The highest BCUT2D eigenvalue weighted by Gasteiger charge is 2.07. The molecule has 0 aliphatic rings. The molecule has 0 bridgehead atoms. The molecule has 0 aliphatic heterocycles. The van der Waals surface area contributed by atoms with Gasteiger partial charge >= 0.3 is 0 Å². The summed E-state index contributed by atoms with van der Waals surface area (Å²) in [7, 11) is 0. The molecule has 0 aromatic carbocycles. The topological polar surface area (TPSA) is 56.0 Å². The maximum Gasteiger partial charge on any atom is 0.192 e. The van der Waals surface area contributed by atoms with Gasteiger partial charge in [-0.2, -0.15) is 0 Å². The predicted molar refractivity (Wildman–Crippen MR) is 44.9 cm³/mol. The molecule has 0 saturated heterocycles. The van der Waals surface area contributed by atoms with Gasteiger partial charge < -0.3 is 5.73 Å². The molecule has 0 spiro atoms. The zero-order chi connectivity index (χ0) is 8.27. The van der Waals surface area contributed by atoms with Gasteiger partial charge in [0.05, 0.1) is 0 Å². The van der Waals surface area contributed by atoms with Crippen molar-refractivity contribution in [2.75, 3.05) is 6.54 Å². The van der Waals surface area contributed by atoms with Crippen molar-refractivity contribution in [2.24, 2.45) is 5.73 Å². The van der Waals surface area contributed by atoms with E-state index in [1.165, 1.54) is 11.3 Å². The number of ketones is 1. The number of Topliss-reactive ketones (excluding diaryl/α,β-unsaturated/α-hetero) is 1. The second-order valence-corrected chi connectivity index (χ2v) is 3.11. The Morgan fingerprint density at radius 3 is 3.00 bits per heavy atom. The molecule has 1 aromatic rings. The molecule has 4 heteroatoms. The van der Waals surface area contributed by atoms with Crippen LogP contribution in [-0.4, -0.2) is 17.3 Å². The van der Waals surface area contributed by atoms with Crippen LogP contribution in [0.1, 0.15) is 21.9 Å². The number of nitrogens with two attached hydrogens (primary N) is 1. The molecular weight excluding hydrogens is 160 g/mol. The van der Waals surface area contributed by atoms with Crippen LogP contribution in [0, 0.1) is 6.92 Å². The van der Waals surface area contributed by atoms with Crippen molar-refractivity contribution in [3.05, 3.63) is 16.1 Å². The van der Waals surface area contributed by atoms with Crippen LogP contribution in [0.2, 0.25) is 0 Å². The van der Waals surface area contributed by atoms with Crippen LogP contribution < -0.4 is 5.73 Å². The number of aryl methyl sites for hydroxylation is 1. The van der Waals surface area contributed by atoms with Gasteiger partial charge in [-0.3, -0.25) is 4.79 Å². The monoisotopic (exact) mass is 170 g/mol. The first-order chi connectivity index (χ1) is 5.24. The fraction of sp³-hybridized carbons (Fsp3) is 0.429. The summed E-state index contributed by atoms with van der Waals surface area (Å²) in [5, 5.41) is 2.44. The number of carbonyl (C=O) groups is 1. The lowest BCUT2D eigenvalue weighted by atomic mass is 10.3. The first-order valence-electron chi connectivity index (χ1n) is 3.39. The van der Waals surface area contributed by atoms with Gasteiger partial charge in [0.25, 0.3) is 0 Å². The van der Waals surface area contributed by atoms with E-state index >= 15 is 0 Å². The highest BCUT2D eigenvalue weighted by atomic mass is 32.1. The van der Waals surface area contributed by atoms with Gasteiger partial charge in [0, 0.05) is 17.5 Å². The Balaban J connectivity index is 2.69. The largest absolute Gasteiger partial charge is 0.330 e. The molecule has 0 fully saturated rings. The molecule has 0 aliphatic carbocycles. The van der Waals surface area contributed by atoms with Gasteiger partial charge in [-0.15, -0.1) is 11.3 Å². The molecule has 0 saturated carbocycles. The van der Waals surface area contributed by atoms with Crippen molar-refractivity contribution < 1.29 is 4.79 Å². The summed E-state index contributed by atoms with van der Waals surface area (Å²) in [6, 6.07) is 0. The zero-order valence-electron chi connectivity index (χ0n) is 6.33. The van der Waals surface area contributed by atoms with E-state index in [0.717, 1.165) is 5.69 Å². The van der Waals surface area contributed by atoms with Crippen molar-refractivity contribution >= 4 is 17.1 Å². The number of aromatic nitrogens is 1. The lowest BCUT2D eigenvalue weighted by Crippen LogP contribution is -2.07. The van der Waals surface area contributed by atoms with E-state index in [1.807, 2.05) is 12.3 Å². The quantitative estimate of drug-likeness (QED) is 0.688. The molecule has 3 nitrogen and oxygen atoms in total. The standard InChI is InChI=1S/C7H10N2OS/c1-5-4-11-7(9-5)6(10)2-3-8/h4H,2-3,8H2,1H3. The summed E-state index contributed by atoms with van der Waals surface area (Å²) >= 11 is 1.38. The molecule has 2 N–H and O–H groups in total. The highest BCUT2D eigenvalue weighted by Crippen LogP contribution is 2.10. The Bertz CT molecular complexity index is 257. The zero-order valence-corrected chi connectivity index (χ0v) is 7.15. The van der Waals surface area contributed by atoms with Gasteiger partial charge in [0.1, 0.15) is 0 Å². The molecule has 0 unspecified atom stereocenters. The smallest absolute Gasteiger partial charge is 0.192 e. The number of hydrogen-bond acceptors (Lipinski definition) is 4. The minimum absolute atomic E-state index is 0.0469. The SMILES string of the molecule is Cc1csc(C(=O)CCN)n1. The first kappa shape index (κ1) is 8.36. The average molecular weight is 170 g/mol. The third-order valence-corrected chi connectivity index (χ3v) is 2.23. The summed E-state index contributed by atoms with van der Waals surface area (Å²) < 4.78 is 0. The van der Waals surface area contributed by atoms with Crippen LogP contribution >= 0.6 is 11.3 Å². The highest BCUT2D eigenvalue weighted by molar-refractivity contribution is 7.11. The number of hydrogen-bond donors (Lipinski definition) is 1. The van der Waals surface area contributed by atoms with Crippen LogP contribution in [0.5, 0.6) is 0 Å². The lowest BCUT2D eigenvalue weighted by molar-refractivity contribution is 0.0985. The molecule has 1 aromatic heterocycles. The second kappa shape index (κ2) is 3.59. The third-order valence-electron chi connectivity index (χ3n) is 1.23. The summed E-state index contributed by atoms with van der Waals surface area (Å²) in [5.74, 6) is 0.0469. The summed E-state index contributed by atoms with van der Waals surface area (Å²) in [6.45, 7) is 2.27. The minimum Gasteiger partial charge on any atom is -0.330 e. The van der Waals surface area contributed by atoms with Crippen LogP contribution in [0.25, 0.3) is 0 Å². The van der Waals surface area contributed by atoms with Crippen LogP contribution in [-0.2, 0) is 0 Å². The maximum absolute atomic E-state index is 11.1. The first-order valence-corrected chi connectivity index (χ1v) is 4.27. The van der Waals surface area contributed by atoms with E-state index in [1.54, 1.807) is 0 Å². The molecule has 0 amide bonds. The van der Waals surface area contributed by atoms with Crippen molar-refractivity contribution in [1.82, 2.24) is 4.98 Å². The van der Waals surface area contributed by atoms with Crippen LogP contribution in [0.4, 0.5) is 0 Å². The summed E-state index contributed by atoms with van der Waals surface area (Å²) in [4.78, 5) is 15.2. The summed E-state index contributed by atoms with van der Waals surface area (Å²) in [6.07, 6.45) is 0.396. The lowest BCUT2D eigenvalue weighted by Gasteiger charge is -1.90. The van der Waals surface area contributed by atoms with E-state index in [2.05, 4.69) is 4.98 Å². The number of carbonyl (C=O) groups excluding carboxylic acids is 1. The van der Waals surface area contributed by atoms with Crippen molar-refractivity contribution in [3.63, 3.8) is 0 Å². The molecular formula is C7H10N2OS. The molecule has 0 atom stereocenters. The fourth-order valence-electron chi connectivity index (χ4n) is 0.720. The van der Waals surface area contributed by atoms with Crippen LogP contribution in [0.3, 0.4) is 0 Å². The Morgan fingerprint density at radius 1 is 1.82 bits per heavy atom. The van der Waals surface area contributed by atoms with Gasteiger partial charge in [0.15, 0.2) is 10.8 Å². The predicted octanol–water partition coefficient (Wildman–Crippen LogP) is 0.983. The van der Waals surface area contributed by atoms with E-state index in [9.17, 15) is 4.79 Å². The van der Waals surface area contributed by atoms with Gasteiger partial charge in [0.2, 0.25) is 0 Å². The van der Waals surface area contributed by atoms with Gasteiger partial charge in [-0.05, 0) is 13.5 Å². The molecule has 0 radical (unpaired) electrons. The van der Waals surface area contributed by atoms with E-state index < -0.39 is 0 Å². The van der Waals surface area contributed by atoms with Crippen LogP contribution in [0.15, 0.2) is 5.38 Å². The molecule has 60 valence electrons. The minimum atomic E-state index is 0.0469. The Kier molecular flexibility index (Phi) is 2.73. The van der Waals surface area contributed by atoms with Crippen molar-refractivity contribution in [3.8, 4) is 0 Å². The third kappa shape index (κ3) is 2.10. The van der Waals surface area contributed by atoms with E-state index in [4.69, 9.17) is 5.73 Å². The number of nitrogens with zero attached hydrogens (tertiary/aromatic N) is 1.